The summed E-state index contributed by atoms with van der Waals surface area (Å²) in [5.74, 6) is -1.43. The van der Waals surface area contributed by atoms with Crippen molar-refractivity contribution in [1.29, 1.82) is 0 Å². The minimum Gasteiger partial charge on any atom is -0.292 e. The molecule has 2 unspecified atom stereocenters. The van der Waals surface area contributed by atoms with Gasteiger partial charge in [-0.3, -0.25) is 9.78 Å². The van der Waals surface area contributed by atoms with E-state index in [4.69, 9.17) is 14.7 Å². The second-order valence-corrected chi connectivity index (χ2v) is 6.07. The van der Waals surface area contributed by atoms with Gasteiger partial charge in [-0.15, -0.1) is 0 Å². The summed E-state index contributed by atoms with van der Waals surface area (Å²) in [5, 5.41) is 0. The van der Waals surface area contributed by atoms with E-state index in [-0.39, 0.29) is 0 Å². The second-order valence-electron chi connectivity index (χ2n) is 4.39. The summed E-state index contributed by atoms with van der Waals surface area (Å²) in [7, 11) is 0. The Balaban J connectivity index is 2.82. The molecule has 0 saturated heterocycles. The van der Waals surface area contributed by atoms with Gasteiger partial charge in [-0.2, -0.15) is 9.78 Å². The van der Waals surface area contributed by atoms with Gasteiger partial charge in [0.05, 0.1) is 0 Å². The first-order valence-electron chi connectivity index (χ1n) is 6.66. The lowest BCUT2D eigenvalue weighted by Crippen LogP contribution is -2.27. The standard InChI is InChI=1S/C16H18O6S/c1-5-14(17)20-19-12(3)23-16(4,22-21-15(18)6-2)13-10-8-7-9-11-13/h5-12H,1-2H2,3-4H3. The molecule has 0 aliphatic rings. The van der Waals surface area contributed by atoms with E-state index in [1.807, 2.05) is 18.2 Å². The van der Waals surface area contributed by atoms with Gasteiger partial charge >= 0.3 is 11.9 Å². The molecule has 0 heterocycles. The third-order valence-corrected chi connectivity index (χ3v) is 3.73. The summed E-state index contributed by atoms with van der Waals surface area (Å²) in [6.45, 7) is 9.91. The zero-order valence-corrected chi connectivity index (χ0v) is 13.7. The van der Waals surface area contributed by atoms with Crippen molar-refractivity contribution in [3.8, 4) is 0 Å². The van der Waals surface area contributed by atoms with Crippen LogP contribution in [-0.4, -0.2) is 17.4 Å². The topological polar surface area (TPSA) is 71.1 Å². The van der Waals surface area contributed by atoms with Gasteiger partial charge in [-0.25, -0.2) is 9.59 Å². The first-order chi connectivity index (χ1) is 10.9. The number of hydrogen-bond donors (Lipinski definition) is 0. The van der Waals surface area contributed by atoms with Crippen LogP contribution in [0.25, 0.3) is 0 Å². The van der Waals surface area contributed by atoms with Crippen molar-refractivity contribution in [3.05, 3.63) is 61.2 Å². The summed E-state index contributed by atoms with van der Waals surface area (Å²) in [5.41, 5.74) is 0.124. The van der Waals surface area contributed by atoms with Crippen LogP contribution in [-0.2, 0) is 34.1 Å². The number of benzene rings is 1. The van der Waals surface area contributed by atoms with Crippen molar-refractivity contribution in [2.45, 2.75) is 24.2 Å². The molecule has 7 heteroatoms. The Hall–Kier alpha value is -2.09. The summed E-state index contributed by atoms with van der Waals surface area (Å²) in [6, 6.07) is 9.08. The lowest BCUT2D eigenvalue weighted by molar-refractivity contribution is -0.306. The molecule has 1 rings (SSSR count). The molecular weight excluding hydrogens is 320 g/mol. The second kappa shape index (κ2) is 9.14. The molecule has 124 valence electrons. The maximum absolute atomic E-state index is 11.2. The van der Waals surface area contributed by atoms with Crippen LogP contribution in [0.3, 0.4) is 0 Å². The first-order valence-corrected chi connectivity index (χ1v) is 7.54. The fourth-order valence-electron chi connectivity index (χ4n) is 1.52. The molecule has 23 heavy (non-hydrogen) atoms. The Morgan fingerprint density at radius 1 is 1.13 bits per heavy atom. The highest BCUT2D eigenvalue weighted by atomic mass is 32.2. The largest absolute Gasteiger partial charge is 0.365 e. The van der Waals surface area contributed by atoms with Gasteiger partial charge in [-0.05, 0) is 19.4 Å². The molecule has 0 bridgehead atoms. The molecule has 0 aliphatic carbocycles. The molecule has 0 radical (unpaired) electrons. The minimum absolute atomic E-state index is 0.605. The van der Waals surface area contributed by atoms with Crippen LogP contribution in [0, 0.1) is 0 Å². The minimum atomic E-state index is -1.08. The number of thioether (sulfide) groups is 1. The monoisotopic (exact) mass is 338 g/mol. The van der Waals surface area contributed by atoms with E-state index >= 15 is 0 Å². The Kier molecular flexibility index (Phi) is 7.53. The van der Waals surface area contributed by atoms with Crippen LogP contribution < -0.4 is 0 Å². The average molecular weight is 338 g/mol. The maximum Gasteiger partial charge on any atom is 0.365 e. The van der Waals surface area contributed by atoms with E-state index in [0.717, 1.165) is 29.5 Å². The van der Waals surface area contributed by atoms with E-state index in [1.165, 1.54) is 0 Å². The number of hydrogen-bond acceptors (Lipinski definition) is 7. The van der Waals surface area contributed by atoms with Crippen molar-refractivity contribution < 1.29 is 29.1 Å². The SMILES string of the molecule is C=CC(=O)OOC(C)SC(C)(OOC(=O)C=C)c1ccccc1. The summed E-state index contributed by atoms with van der Waals surface area (Å²) >= 11 is 1.14. The van der Waals surface area contributed by atoms with Gasteiger partial charge in [0.15, 0.2) is 10.4 Å². The third kappa shape index (κ3) is 6.27. The van der Waals surface area contributed by atoms with Crippen LogP contribution in [0.2, 0.25) is 0 Å². The molecular formula is C16H18O6S. The van der Waals surface area contributed by atoms with E-state index in [0.29, 0.717) is 0 Å². The summed E-state index contributed by atoms with van der Waals surface area (Å²) in [4.78, 5) is 40.6. The van der Waals surface area contributed by atoms with Crippen LogP contribution in [0.1, 0.15) is 19.4 Å². The number of rotatable bonds is 9. The van der Waals surface area contributed by atoms with Gasteiger partial charge in [0.25, 0.3) is 0 Å². The lowest BCUT2D eigenvalue weighted by atomic mass is 10.1. The smallest absolute Gasteiger partial charge is 0.292 e. The molecule has 0 aliphatic heterocycles. The predicted molar refractivity (Wildman–Crippen MR) is 85.6 cm³/mol. The Morgan fingerprint density at radius 2 is 1.70 bits per heavy atom. The van der Waals surface area contributed by atoms with E-state index < -0.39 is 22.3 Å². The fourth-order valence-corrected chi connectivity index (χ4v) is 2.57. The van der Waals surface area contributed by atoms with Gasteiger partial charge < -0.3 is 0 Å². The van der Waals surface area contributed by atoms with Crippen molar-refractivity contribution in [2.24, 2.45) is 0 Å². The van der Waals surface area contributed by atoms with Gasteiger partial charge in [-0.1, -0.05) is 55.3 Å². The van der Waals surface area contributed by atoms with Crippen LogP contribution in [0.15, 0.2) is 55.6 Å². The quantitative estimate of drug-likeness (QED) is 0.296. The Bertz CT molecular complexity index is 559. The molecule has 0 aromatic heterocycles. The molecule has 1 aromatic carbocycles. The predicted octanol–water partition coefficient (Wildman–Crippen LogP) is 3.26. The van der Waals surface area contributed by atoms with Crippen LogP contribution >= 0.6 is 11.8 Å². The van der Waals surface area contributed by atoms with Crippen molar-refractivity contribution in [1.82, 2.24) is 0 Å². The van der Waals surface area contributed by atoms with Crippen molar-refractivity contribution in [3.63, 3.8) is 0 Å². The molecule has 1 aromatic rings. The van der Waals surface area contributed by atoms with Gasteiger partial charge in [0.1, 0.15) is 0 Å². The zero-order valence-electron chi connectivity index (χ0n) is 12.9. The van der Waals surface area contributed by atoms with Crippen LogP contribution in [0.4, 0.5) is 0 Å². The highest BCUT2D eigenvalue weighted by Crippen LogP contribution is 2.40. The van der Waals surface area contributed by atoms with E-state index in [2.05, 4.69) is 18.0 Å². The van der Waals surface area contributed by atoms with Crippen molar-refractivity contribution in [2.75, 3.05) is 0 Å². The molecule has 0 N–H and O–H groups in total. The third-order valence-electron chi connectivity index (χ3n) is 2.57. The molecule has 0 saturated carbocycles. The Morgan fingerprint density at radius 3 is 2.26 bits per heavy atom. The van der Waals surface area contributed by atoms with E-state index in [9.17, 15) is 9.59 Å². The average Bonchev–Trinajstić information content (AvgIpc) is 2.58. The molecule has 0 spiro atoms. The molecule has 2 atom stereocenters. The lowest BCUT2D eigenvalue weighted by Gasteiger charge is -2.29. The van der Waals surface area contributed by atoms with E-state index in [1.54, 1.807) is 26.0 Å². The molecule has 0 amide bonds. The zero-order chi connectivity index (χ0) is 17.3. The van der Waals surface area contributed by atoms with Gasteiger partial charge in [0, 0.05) is 12.2 Å². The number of carbonyl (C=O) groups excluding carboxylic acids is 2. The summed E-state index contributed by atoms with van der Waals surface area (Å²) < 4.78 is 0. The molecule has 6 nitrogen and oxygen atoms in total. The van der Waals surface area contributed by atoms with Crippen LogP contribution in [0.5, 0.6) is 0 Å². The maximum atomic E-state index is 11.2. The fraction of sp³-hybridized carbons (Fsp3) is 0.250. The summed E-state index contributed by atoms with van der Waals surface area (Å²) in [6.07, 6.45) is 1.97. The Labute approximate surface area is 138 Å². The molecule has 0 fully saturated rings. The first kappa shape index (κ1) is 19.0. The highest BCUT2D eigenvalue weighted by molar-refractivity contribution is 8.00. The van der Waals surface area contributed by atoms with Gasteiger partial charge in [0.2, 0.25) is 0 Å². The normalized spacial score (nSPS) is 14.2. The number of carbonyl (C=O) groups is 2. The highest BCUT2D eigenvalue weighted by Gasteiger charge is 2.34. The van der Waals surface area contributed by atoms with Crippen molar-refractivity contribution >= 4 is 23.7 Å².